The molecule has 15 heavy (non-hydrogen) atoms. The average molecular weight is 211 g/mol. The lowest BCUT2D eigenvalue weighted by molar-refractivity contribution is -0.168. The third-order valence-corrected chi connectivity index (χ3v) is 3.59. The summed E-state index contributed by atoms with van der Waals surface area (Å²) in [4.78, 5) is 12.2. The molecule has 1 saturated heterocycles. The fraction of sp³-hybridized carbons (Fsp3) is 0.917. The first-order chi connectivity index (χ1) is 6.94. The first kappa shape index (κ1) is 10.9. The van der Waals surface area contributed by atoms with Gasteiger partial charge in [0.25, 0.3) is 0 Å². The first-order valence-electron chi connectivity index (χ1n) is 5.88. The lowest BCUT2D eigenvalue weighted by Gasteiger charge is -2.30. The van der Waals surface area contributed by atoms with E-state index in [0.717, 1.165) is 19.5 Å². The number of fused-ring (bicyclic) bond motifs is 1. The van der Waals surface area contributed by atoms with Crippen molar-refractivity contribution in [1.29, 1.82) is 0 Å². The molecule has 1 aliphatic carbocycles. The Balaban J connectivity index is 2.11. The molecule has 0 unspecified atom stereocenters. The summed E-state index contributed by atoms with van der Waals surface area (Å²) in [6.07, 6.45) is 3.34. The fourth-order valence-corrected chi connectivity index (χ4v) is 2.86. The predicted octanol–water partition coefficient (Wildman–Crippen LogP) is 1.72. The summed E-state index contributed by atoms with van der Waals surface area (Å²) in [5.41, 5.74) is -0.561. The second-order valence-corrected chi connectivity index (χ2v) is 5.88. The molecule has 3 nitrogen and oxygen atoms in total. The van der Waals surface area contributed by atoms with Gasteiger partial charge in [-0.15, -0.1) is 0 Å². The number of hydrogen-bond acceptors (Lipinski definition) is 3. The molecule has 0 amide bonds. The van der Waals surface area contributed by atoms with Crippen LogP contribution in [-0.2, 0) is 9.53 Å². The van der Waals surface area contributed by atoms with Gasteiger partial charge >= 0.3 is 5.97 Å². The third-order valence-electron chi connectivity index (χ3n) is 3.59. The van der Waals surface area contributed by atoms with E-state index in [1.54, 1.807) is 0 Å². The summed E-state index contributed by atoms with van der Waals surface area (Å²) in [7, 11) is 0. The summed E-state index contributed by atoms with van der Waals surface area (Å²) in [5.74, 6) is 0.523. The number of nitrogens with one attached hydrogen (secondary N) is 1. The van der Waals surface area contributed by atoms with Crippen LogP contribution in [0.15, 0.2) is 0 Å². The summed E-state index contributed by atoms with van der Waals surface area (Å²) in [6.45, 7) is 7.61. The van der Waals surface area contributed by atoms with Crippen molar-refractivity contribution in [2.45, 2.75) is 45.6 Å². The van der Waals surface area contributed by atoms with E-state index in [4.69, 9.17) is 4.74 Å². The number of hydrogen-bond donors (Lipinski definition) is 1. The molecule has 3 heteroatoms. The quantitative estimate of drug-likeness (QED) is 0.671. The van der Waals surface area contributed by atoms with Crippen LogP contribution in [0, 0.1) is 11.3 Å². The first-order valence-corrected chi connectivity index (χ1v) is 5.88. The van der Waals surface area contributed by atoms with Crippen LogP contribution >= 0.6 is 0 Å². The summed E-state index contributed by atoms with van der Waals surface area (Å²) >= 11 is 0. The van der Waals surface area contributed by atoms with Gasteiger partial charge in [-0.3, -0.25) is 4.79 Å². The van der Waals surface area contributed by atoms with Crippen LogP contribution in [0.1, 0.15) is 40.0 Å². The van der Waals surface area contributed by atoms with Crippen LogP contribution in [0.2, 0.25) is 0 Å². The topological polar surface area (TPSA) is 38.3 Å². The highest BCUT2D eigenvalue weighted by atomic mass is 16.6. The number of ether oxygens (including phenoxy) is 1. The molecule has 0 bridgehead atoms. The van der Waals surface area contributed by atoms with Crippen molar-refractivity contribution in [3.63, 3.8) is 0 Å². The molecule has 0 radical (unpaired) electrons. The maximum atomic E-state index is 12.2. The highest BCUT2D eigenvalue weighted by Crippen LogP contribution is 2.47. The highest BCUT2D eigenvalue weighted by Gasteiger charge is 2.53. The van der Waals surface area contributed by atoms with Gasteiger partial charge in [0.15, 0.2) is 0 Å². The SMILES string of the molecule is CC(C)(C)OC(=O)[C@@]12CCC[C@@H]1CNC2. The Morgan fingerprint density at radius 2 is 2.20 bits per heavy atom. The third kappa shape index (κ3) is 1.89. The minimum absolute atomic E-state index is 0.0162. The Bertz CT molecular complexity index is 257. The van der Waals surface area contributed by atoms with Crippen LogP contribution < -0.4 is 5.32 Å². The van der Waals surface area contributed by atoms with Gasteiger partial charge in [-0.2, -0.15) is 0 Å². The Morgan fingerprint density at radius 1 is 1.47 bits per heavy atom. The van der Waals surface area contributed by atoms with E-state index in [0.29, 0.717) is 5.92 Å². The van der Waals surface area contributed by atoms with Crippen molar-refractivity contribution in [2.24, 2.45) is 11.3 Å². The number of carbonyl (C=O) groups is 1. The molecular formula is C12H21NO2. The predicted molar refractivity (Wildman–Crippen MR) is 58.5 cm³/mol. The molecule has 2 aliphatic rings. The van der Waals surface area contributed by atoms with E-state index in [-0.39, 0.29) is 17.0 Å². The van der Waals surface area contributed by atoms with E-state index >= 15 is 0 Å². The molecule has 2 fully saturated rings. The molecule has 1 saturated carbocycles. The molecule has 2 atom stereocenters. The van der Waals surface area contributed by atoms with E-state index < -0.39 is 0 Å². The number of esters is 1. The van der Waals surface area contributed by atoms with Crippen molar-refractivity contribution < 1.29 is 9.53 Å². The number of carbonyl (C=O) groups excluding carboxylic acids is 1. The van der Waals surface area contributed by atoms with E-state index in [1.807, 2.05) is 20.8 Å². The zero-order valence-corrected chi connectivity index (χ0v) is 9.93. The molecule has 0 spiro atoms. The Labute approximate surface area is 91.6 Å². The summed E-state index contributed by atoms with van der Waals surface area (Å²) in [6, 6.07) is 0. The van der Waals surface area contributed by atoms with E-state index in [9.17, 15) is 4.79 Å². The zero-order chi connectivity index (χ0) is 11.1. The van der Waals surface area contributed by atoms with Crippen LogP contribution in [-0.4, -0.2) is 24.7 Å². The molecule has 0 aromatic carbocycles. The van der Waals surface area contributed by atoms with Crippen molar-refractivity contribution in [3.8, 4) is 0 Å². The molecule has 86 valence electrons. The molecule has 1 aliphatic heterocycles. The monoisotopic (exact) mass is 211 g/mol. The summed E-state index contributed by atoms with van der Waals surface area (Å²) in [5, 5.41) is 3.33. The number of rotatable bonds is 1. The van der Waals surface area contributed by atoms with Crippen LogP contribution in [0.4, 0.5) is 0 Å². The molecule has 1 heterocycles. The van der Waals surface area contributed by atoms with Gasteiger partial charge in [0.1, 0.15) is 5.60 Å². The van der Waals surface area contributed by atoms with Crippen LogP contribution in [0.25, 0.3) is 0 Å². The molecular weight excluding hydrogens is 190 g/mol. The van der Waals surface area contributed by atoms with Gasteiger partial charge < -0.3 is 10.1 Å². The van der Waals surface area contributed by atoms with Gasteiger partial charge in [-0.05, 0) is 46.1 Å². The smallest absolute Gasteiger partial charge is 0.314 e. The second-order valence-electron chi connectivity index (χ2n) is 5.88. The molecule has 1 N–H and O–H groups in total. The highest BCUT2D eigenvalue weighted by molar-refractivity contribution is 5.79. The van der Waals surface area contributed by atoms with Crippen LogP contribution in [0.3, 0.4) is 0 Å². The lowest BCUT2D eigenvalue weighted by Crippen LogP contribution is -2.40. The lowest BCUT2D eigenvalue weighted by atomic mass is 9.80. The van der Waals surface area contributed by atoms with Gasteiger partial charge in [-0.1, -0.05) is 6.42 Å². The van der Waals surface area contributed by atoms with Crippen molar-refractivity contribution >= 4 is 5.97 Å². The Hall–Kier alpha value is -0.570. The largest absolute Gasteiger partial charge is 0.459 e. The molecule has 0 aromatic heterocycles. The molecule has 0 aromatic rings. The van der Waals surface area contributed by atoms with Gasteiger partial charge in [0.05, 0.1) is 5.41 Å². The van der Waals surface area contributed by atoms with E-state index in [2.05, 4.69) is 5.32 Å². The maximum Gasteiger partial charge on any atom is 0.314 e. The summed E-state index contributed by atoms with van der Waals surface area (Å²) < 4.78 is 5.55. The minimum atomic E-state index is -0.360. The van der Waals surface area contributed by atoms with Crippen LogP contribution in [0.5, 0.6) is 0 Å². The fourth-order valence-electron chi connectivity index (χ4n) is 2.86. The van der Waals surface area contributed by atoms with Crippen molar-refractivity contribution in [3.05, 3.63) is 0 Å². The van der Waals surface area contributed by atoms with Gasteiger partial charge in [0.2, 0.25) is 0 Å². The zero-order valence-electron chi connectivity index (χ0n) is 9.93. The van der Waals surface area contributed by atoms with E-state index in [1.165, 1.54) is 12.8 Å². The Morgan fingerprint density at radius 3 is 2.87 bits per heavy atom. The molecule has 2 rings (SSSR count). The second kappa shape index (κ2) is 3.48. The van der Waals surface area contributed by atoms with Gasteiger partial charge in [-0.25, -0.2) is 0 Å². The van der Waals surface area contributed by atoms with Gasteiger partial charge in [0, 0.05) is 6.54 Å². The standard InChI is InChI=1S/C12H21NO2/c1-11(2,3)15-10(14)12-6-4-5-9(12)7-13-8-12/h9,13H,4-8H2,1-3H3/t9-,12-/m1/s1. The van der Waals surface area contributed by atoms with Crippen molar-refractivity contribution in [2.75, 3.05) is 13.1 Å². The average Bonchev–Trinajstić information content (AvgIpc) is 2.55. The van der Waals surface area contributed by atoms with Crippen molar-refractivity contribution in [1.82, 2.24) is 5.32 Å². The Kier molecular flexibility index (Phi) is 2.53. The minimum Gasteiger partial charge on any atom is -0.459 e. The maximum absolute atomic E-state index is 12.2. The normalized spacial score (nSPS) is 35.3.